The number of nitro groups is 1. The molecule has 0 radical (unpaired) electrons. The van der Waals surface area contributed by atoms with Crippen LogP contribution in [0.15, 0.2) is 71.6 Å². The van der Waals surface area contributed by atoms with Gasteiger partial charge in [0.05, 0.1) is 22.6 Å². The highest BCUT2D eigenvalue weighted by Crippen LogP contribution is 2.31. The highest BCUT2D eigenvalue weighted by atomic mass is 35.5. The highest BCUT2D eigenvalue weighted by Gasteiger charge is 2.20. The van der Waals surface area contributed by atoms with E-state index in [9.17, 15) is 23.3 Å². The average molecular weight is 490 g/mol. The van der Waals surface area contributed by atoms with Crippen molar-refractivity contribution in [2.45, 2.75) is 11.4 Å². The van der Waals surface area contributed by atoms with Crippen molar-refractivity contribution in [3.8, 4) is 5.75 Å². The van der Waals surface area contributed by atoms with Gasteiger partial charge in [-0.15, -0.1) is 0 Å². The maximum atomic E-state index is 12.8. The zero-order valence-electron chi connectivity index (χ0n) is 17.7. The molecule has 9 nitrogen and oxygen atoms in total. The summed E-state index contributed by atoms with van der Waals surface area (Å²) < 4.78 is 33.0. The molecule has 0 fully saturated rings. The van der Waals surface area contributed by atoms with Gasteiger partial charge in [-0.1, -0.05) is 23.7 Å². The van der Waals surface area contributed by atoms with Crippen molar-refractivity contribution in [2.75, 3.05) is 18.9 Å². The van der Waals surface area contributed by atoms with E-state index >= 15 is 0 Å². The van der Waals surface area contributed by atoms with Gasteiger partial charge in [0, 0.05) is 36.3 Å². The van der Waals surface area contributed by atoms with Crippen molar-refractivity contribution in [2.24, 2.45) is 0 Å². The Morgan fingerprint density at radius 2 is 1.73 bits per heavy atom. The number of carbonyl (C=O) groups excluding carboxylic acids is 1. The molecule has 3 aromatic rings. The lowest BCUT2D eigenvalue weighted by atomic mass is 10.1. The molecule has 0 spiro atoms. The fourth-order valence-corrected chi connectivity index (χ4v) is 4.21. The van der Waals surface area contributed by atoms with Gasteiger partial charge in [-0.05, 0) is 48.0 Å². The minimum Gasteiger partial charge on any atom is -0.495 e. The molecule has 0 aliphatic heterocycles. The Morgan fingerprint density at radius 1 is 1.09 bits per heavy atom. The smallest absolute Gasteiger partial charge is 0.271 e. The Labute approximate surface area is 195 Å². The number of non-ortho nitro benzene ring substituents is 1. The van der Waals surface area contributed by atoms with Crippen LogP contribution in [0.1, 0.15) is 15.9 Å². The first-order valence-corrected chi connectivity index (χ1v) is 11.4. The third-order valence-corrected chi connectivity index (χ3v) is 6.36. The van der Waals surface area contributed by atoms with E-state index in [1.165, 1.54) is 48.4 Å². The van der Waals surface area contributed by atoms with E-state index < -0.39 is 14.9 Å². The summed E-state index contributed by atoms with van der Waals surface area (Å²) in [6.45, 7) is 0.351. The molecule has 3 rings (SSSR count). The van der Waals surface area contributed by atoms with Crippen LogP contribution < -0.4 is 9.46 Å². The van der Waals surface area contributed by atoms with Crippen LogP contribution in [0.4, 0.5) is 11.4 Å². The summed E-state index contributed by atoms with van der Waals surface area (Å²) in [5.41, 5.74) is 0.829. The van der Waals surface area contributed by atoms with Crippen LogP contribution in [0.5, 0.6) is 5.75 Å². The van der Waals surface area contributed by atoms with Crippen LogP contribution in [-0.2, 0) is 16.6 Å². The first-order valence-electron chi connectivity index (χ1n) is 9.56. The molecule has 0 heterocycles. The van der Waals surface area contributed by atoms with Crippen molar-refractivity contribution in [1.29, 1.82) is 0 Å². The van der Waals surface area contributed by atoms with Crippen molar-refractivity contribution in [3.05, 3.63) is 93.0 Å². The summed E-state index contributed by atoms with van der Waals surface area (Å²) in [6.07, 6.45) is 0. The summed E-state index contributed by atoms with van der Waals surface area (Å²) in [5, 5.41) is 11.6. The number of benzene rings is 3. The van der Waals surface area contributed by atoms with Crippen LogP contribution >= 0.6 is 11.6 Å². The van der Waals surface area contributed by atoms with Gasteiger partial charge < -0.3 is 9.64 Å². The van der Waals surface area contributed by atoms with Crippen LogP contribution in [0.3, 0.4) is 0 Å². The van der Waals surface area contributed by atoms with Gasteiger partial charge in [0.2, 0.25) is 0 Å². The largest absolute Gasteiger partial charge is 0.495 e. The maximum absolute atomic E-state index is 12.8. The second-order valence-electron chi connectivity index (χ2n) is 7.06. The lowest BCUT2D eigenvalue weighted by molar-refractivity contribution is -0.384. The second-order valence-corrected chi connectivity index (χ2v) is 9.18. The number of nitrogens with zero attached hydrogens (tertiary/aromatic N) is 2. The quantitative estimate of drug-likeness (QED) is 0.371. The molecule has 0 bridgehead atoms. The molecule has 1 N–H and O–H groups in total. The van der Waals surface area contributed by atoms with Gasteiger partial charge in [-0.25, -0.2) is 8.42 Å². The normalized spacial score (nSPS) is 11.0. The number of amides is 1. The predicted molar refractivity (Wildman–Crippen MR) is 124 cm³/mol. The van der Waals surface area contributed by atoms with E-state index in [2.05, 4.69) is 4.72 Å². The third kappa shape index (κ3) is 5.79. The summed E-state index contributed by atoms with van der Waals surface area (Å²) in [4.78, 5) is 24.5. The Morgan fingerprint density at radius 3 is 2.30 bits per heavy atom. The Bertz CT molecular complexity index is 1280. The molecule has 3 aromatic carbocycles. The molecule has 0 saturated carbocycles. The average Bonchev–Trinajstić information content (AvgIpc) is 2.79. The molecule has 0 unspecified atom stereocenters. The van der Waals surface area contributed by atoms with Gasteiger partial charge in [-0.2, -0.15) is 0 Å². The summed E-state index contributed by atoms with van der Waals surface area (Å²) in [7, 11) is -1.14. The van der Waals surface area contributed by atoms with Gasteiger partial charge in [0.1, 0.15) is 5.75 Å². The van der Waals surface area contributed by atoms with E-state index in [-0.39, 0.29) is 27.9 Å². The molecule has 33 heavy (non-hydrogen) atoms. The number of rotatable bonds is 8. The molecule has 0 aromatic heterocycles. The van der Waals surface area contributed by atoms with Crippen LogP contribution in [0.2, 0.25) is 5.02 Å². The molecule has 0 saturated heterocycles. The molecule has 172 valence electrons. The number of anilines is 1. The zero-order valence-corrected chi connectivity index (χ0v) is 19.3. The molecule has 0 aliphatic carbocycles. The number of sulfonamides is 1. The standard InChI is InChI=1S/C22H20ClN3O6S/c1-25(14-15-3-7-17(23)8-4-15)22(27)16-5-10-19(11-6-16)33(30,31)24-20-13-18(26(28)29)9-12-21(20)32-2/h3-13,24H,14H2,1-2H3. The van der Waals surface area contributed by atoms with Gasteiger partial charge >= 0.3 is 0 Å². The highest BCUT2D eigenvalue weighted by molar-refractivity contribution is 7.92. The predicted octanol–water partition coefficient (Wildman–Crippen LogP) is 4.33. The number of ether oxygens (including phenoxy) is 1. The number of methoxy groups -OCH3 is 1. The minimum absolute atomic E-state index is 0.0745. The molecule has 1 amide bonds. The van der Waals surface area contributed by atoms with Crippen LogP contribution in [0, 0.1) is 10.1 Å². The van der Waals surface area contributed by atoms with Crippen molar-refractivity contribution in [1.82, 2.24) is 4.90 Å². The van der Waals surface area contributed by atoms with E-state index in [0.29, 0.717) is 17.1 Å². The first kappa shape index (κ1) is 24.0. The molecule has 0 aliphatic rings. The van der Waals surface area contributed by atoms with Gasteiger partial charge in [-0.3, -0.25) is 19.6 Å². The fourth-order valence-electron chi connectivity index (χ4n) is 3.03. The summed E-state index contributed by atoms with van der Waals surface area (Å²) in [6, 6.07) is 16.1. The van der Waals surface area contributed by atoms with Crippen molar-refractivity contribution >= 4 is 38.9 Å². The Hall–Kier alpha value is -3.63. The number of carbonyl (C=O) groups is 1. The topological polar surface area (TPSA) is 119 Å². The number of hydrogen-bond donors (Lipinski definition) is 1. The fraction of sp³-hybridized carbons (Fsp3) is 0.136. The molecule has 11 heteroatoms. The summed E-state index contributed by atoms with van der Waals surface area (Å²) in [5.74, 6) is -0.165. The van der Waals surface area contributed by atoms with Crippen molar-refractivity contribution in [3.63, 3.8) is 0 Å². The van der Waals surface area contributed by atoms with E-state index in [0.717, 1.165) is 11.6 Å². The molecular formula is C22H20ClN3O6S. The first-order chi connectivity index (χ1) is 15.6. The number of hydrogen-bond acceptors (Lipinski definition) is 6. The lowest BCUT2D eigenvalue weighted by Crippen LogP contribution is -2.26. The monoisotopic (exact) mass is 489 g/mol. The minimum atomic E-state index is -4.09. The van der Waals surface area contributed by atoms with E-state index in [4.69, 9.17) is 16.3 Å². The Balaban J connectivity index is 1.77. The third-order valence-electron chi connectivity index (χ3n) is 4.73. The summed E-state index contributed by atoms with van der Waals surface area (Å²) >= 11 is 5.88. The lowest BCUT2D eigenvalue weighted by Gasteiger charge is -2.18. The Kier molecular flexibility index (Phi) is 7.19. The molecule has 0 atom stereocenters. The van der Waals surface area contributed by atoms with Crippen molar-refractivity contribution < 1.29 is 22.9 Å². The van der Waals surface area contributed by atoms with Crippen LogP contribution in [0.25, 0.3) is 0 Å². The number of nitro benzene ring substituents is 1. The number of halogens is 1. The van der Waals surface area contributed by atoms with Gasteiger partial charge in [0.15, 0.2) is 0 Å². The SMILES string of the molecule is COc1ccc([N+](=O)[O-])cc1NS(=O)(=O)c1ccc(C(=O)N(C)Cc2ccc(Cl)cc2)cc1. The van der Waals surface area contributed by atoms with Crippen LogP contribution in [-0.4, -0.2) is 38.3 Å². The molecular weight excluding hydrogens is 470 g/mol. The zero-order chi connectivity index (χ0) is 24.2. The second kappa shape index (κ2) is 9.88. The maximum Gasteiger partial charge on any atom is 0.271 e. The van der Waals surface area contributed by atoms with E-state index in [1.54, 1.807) is 19.2 Å². The van der Waals surface area contributed by atoms with Gasteiger partial charge in [0.25, 0.3) is 21.6 Å². The number of nitrogens with one attached hydrogen (secondary N) is 1. The van der Waals surface area contributed by atoms with E-state index in [1.807, 2.05) is 12.1 Å².